The lowest BCUT2D eigenvalue weighted by Gasteiger charge is -2.05. The molecule has 6 heteroatoms. The van der Waals surface area contributed by atoms with Gasteiger partial charge >= 0.3 is 12.1 Å². The minimum atomic E-state index is -0.125. The summed E-state index contributed by atoms with van der Waals surface area (Å²) in [7, 11) is 3.21. The SMILES string of the molecule is CNC(=O)NCCCCCCCNC(=O)NC. The van der Waals surface area contributed by atoms with Crippen molar-refractivity contribution in [3.05, 3.63) is 0 Å². The van der Waals surface area contributed by atoms with E-state index in [4.69, 9.17) is 0 Å². The van der Waals surface area contributed by atoms with Crippen LogP contribution in [-0.2, 0) is 0 Å². The molecule has 100 valence electrons. The molecule has 0 aliphatic heterocycles. The molecule has 0 spiro atoms. The predicted molar refractivity (Wildman–Crippen MR) is 68.0 cm³/mol. The predicted octanol–water partition coefficient (Wildman–Crippen LogP) is 0.795. The molecule has 0 saturated carbocycles. The van der Waals surface area contributed by atoms with E-state index in [2.05, 4.69) is 21.3 Å². The molecular formula is C11H24N4O2. The molecule has 0 aromatic rings. The Morgan fingerprint density at radius 1 is 0.706 bits per heavy atom. The third-order valence-corrected chi connectivity index (χ3v) is 2.38. The second-order valence-electron chi connectivity index (χ2n) is 3.78. The molecule has 17 heavy (non-hydrogen) atoms. The van der Waals surface area contributed by atoms with E-state index in [0.717, 1.165) is 45.2 Å². The second-order valence-corrected chi connectivity index (χ2v) is 3.78. The standard InChI is InChI=1S/C11H24N4O2/c1-12-10(16)14-8-6-4-3-5-7-9-15-11(17)13-2/h3-9H2,1-2H3,(H2,12,14,16)(H2,13,15,17). The maximum Gasteiger partial charge on any atom is 0.314 e. The van der Waals surface area contributed by atoms with E-state index in [1.807, 2.05) is 0 Å². The number of rotatable bonds is 8. The first-order chi connectivity index (χ1) is 8.20. The normalized spacial score (nSPS) is 9.53. The van der Waals surface area contributed by atoms with Gasteiger partial charge in [-0.05, 0) is 12.8 Å². The number of carbonyl (C=O) groups is 2. The highest BCUT2D eigenvalue weighted by Gasteiger charge is 1.96. The zero-order valence-electron chi connectivity index (χ0n) is 10.8. The molecule has 0 fully saturated rings. The molecule has 0 rings (SSSR count). The number of carbonyl (C=O) groups excluding carboxylic acids is 2. The lowest BCUT2D eigenvalue weighted by atomic mass is 10.1. The van der Waals surface area contributed by atoms with Crippen LogP contribution in [0.2, 0.25) is 0 Å². The Morgan fingerprint density at radius 2 is 1.06 bits per heavy atom. The zero-order chi connectivity index (χ0) is 12.9. The van der Waals surface area contributed by atoms with Crippen molar-refractivity contribution in [2.24, 2.45) is 0 Å². The zero-order valence-corrected chi connectivity index (χ0v) is 10.8. The Kier molecular flexibility index (Phi) is 10.1. The van der Waals surface area contributed by atoms with Gasteiger partial charge in [0, 0.05) is 27.2 Å². The van der Waals surface area contributed by atoms with Crippen molar-refractivity contribution in [2.45, 2.75) is 32.1 Å². The fourth-order valence-electron chi connectivity index (χ4n) is 1.36. The van der Waals surface area contributed by atoms with Crippen molar-refractivity contribution in [1.82, 2.24) is 21.3 Å². The van der Waals surface area contributed by atoms with E-state index in [0.29, 0.717) is 0 Å². The first-order valence-electron chi connectivity index (χ1n) is 6.12. The van der Waals surface area contributed by atoms with Crippen LogP contribution in [-0.4, -0.2) is 39.2 Å². The lowest BCUT2D eigenvalue weighted by molar-refractivity contribution is 0.242. The highest BCUT2D eigenvalue weighted by Crippen LogP contribution is 2.01. The molecule has 0 unspecified atom stereocenters. The average Bonchev–Trinajstić information content (AvgIpc) is 2.35. The van der Waals surface area contributed by atoms with Gasteiger partial charge in [-0.3, -0.25) is 0 Å². The Balaban J connectivity index is 3.08. The molecule has 4 N–H and O–H groups in total. The van der Waals surface area contributed by atoms with Gasteiger partial charge in [0.25, 0.3) is 0 Å². The lowest BCUT2D eigenvalue weighted by Crippen LogP contribution is -2.33. The van der Waals surface area contributed by atoms with Crippen LogP contribution in [0.3, 0.4) is 0 Å². The van der Waals surface area contributed by atoms with Crippen molar-refractivity contribution in [1.29, 1.82) is 0 Å². The molecule has 0 bridgehead atoms. The van der Waals surface area contributed by atoms with Crippen LogP contribution in [0.5, 0.6) is 0 Å². The fraction of sp³-hybridized carbons (Fsp3) is 0.818. The van der Waals surface area contributed by atoms with Crippen molar-refractivity contribution < 1.29 is 9.59 Å². The van der Waals surface area contributed by atoms with Crippen LogP contribution in [0.4, 0.5) is 9.59 Å². The van der Waals surface area contributed by atoms with Gasteiger partial charge in [-0.25, -0.2) is 9.59 Å². The molecule has 0 aromatic heterocycles. The third-order valence-electron chi connectivity index (χ3n) is 2.38. The molecule has 0 atom stereocenters. The summed E-state index contributed by atoms with van der Waals surface area (Å²) in [5.74, 6) is 0. The van der Waals surface area contributed by atoms with E-state index in [1.54, 1.807) is 14.1 Å². The summed E-state index contributed by atoms with van der Waals surface area (Å²) in [4.78, 5) is 21.6. The van der Waals surface area contributed by atoms with Crippen LogP contribution in [0.1, 0.15) is 32.1 Å². The fourth-order valence-corrected chi connectivity index (χ4v) is 1.36. The van der Waals surface area contributed by atoms with Gasteiger partial charge in [0.1, 0.15) is 0 Å². The summed E-state index contributed by atoms with van der Waals surface area (Å²) in [6.07, 6.45) is 5.32. The molecule has 0 saturated heterocycles. The molecule has 0 aromatic carbocycles. The van der Waals surface area contributed by atoms with Gasteiger partial charge in [0.05, 0.1) is 0 Å². The van der Waals surface area contributed by atoms with Gasteiger partial charge < -0.3 is 21.3 Å². The van der Waals surface area contributed by atoms with Crippen LogP contribution in [0.15, 0.2) is 0 Å². The van der Waals surface area contributed by atoms with Gasteiger partial charge in [0.15, 0.2) is 0 Å². The minimum Gasteiger partial charge on any atom is -0.341 e. The Labute approximate surface area is 103 Å². The average molecular weight is 244 g/mol. The molecule has 0 aliphatic carbocycles. The van der Waals surface area contributed by atoms with E-state index in [9.17, 15) is 9.59 Å². The van der Waals surface area contributed by atoms with Gasteiger partial charge in [-0.2, -0.15) is 0 Å². The highest BCUT2D eigenvalue weighted by molar-refractivity contribution is 5.73. The van der Waals surface area contributed by atoms with Crippen LogP contribution in [0.25, 0.3) is 0 Å². The number of hydrogen-bond acceptors (Lipinski definition) is 2. The number of unbranched alkanes of at least 4 members (excludes halogenated alkanes) is 4. The maximum atomic E-state index is 10.8. The number of amides is 4. The van der Waals surface area contributed by atoms with Gasteiger partial charge in [-0.1, -0.05) is 19.3 Å². The topological polar surface area (TPSA) is 82.3 Å². The number of urea groups is 2. The van der Waals surface area contributed by atoms with Crippen LogP contribution in [0, 0.1) is 0 Å². The largest absolute Gasteiger partial charge is 0.341 e. The summed E-state index contributed by atoms with van der Waals surface area (Å²) in [6, 6.07) is -0.250. The van der Waals surface area contributed by atoms with E-state index >= 15 is 0 Å². The molecule has 0 radical (unpaired) electrons. The molecule has 0 aliphatic rings. The molecule has 0 heterocycles. The Morgan fingerprint density at radius 3 is 1.41 bits per heavy atom. The minimum absolute atomic E-state index is 0.125. The Hall–Kier alpha value is -1.46. The first kappa shape index (κ1) is 15.5. The summed E-state index contributed by atoms with van der Waals surface area (Å²) in [6.45, 7) is 1.44. The molecule has 6 nitrogen and oxygen atoms in total. The van der Waals surface area contributed by atoms with E-state index < -0.39 is 0 Å². The first-order valence-corrected chi connectivity index (χ1v) is 6.12. The van der Waals surface area contributed by atoms with Gasteiger partial charge in [0.2, 0.25) is 0 Å². The summed E-state index contributed by atoms with van der Waals surface area (Å²) in [5, 5.41) is 10.5. The van der Waals surface area contributed by atoms with Crippen molar-refractivity contribution in [3.63, 3.8) is 0 Å². The monoisotopic (exact) mass is 244 g/mol. The summed E-state index contributed by atoms with van der Waals surface area (Å²) in [5.41, 5.74) is 0. The third kappa shape index (κ3) is 10.8. The van der Waals surface area contributed by atoms with Crippen molar-refractivity contribution in [3.8, 4) is 0 Å². The number of nitrogens with one attached hydrogen (secondary N) is 4. The molecule has 4 amide bonds. The smallest absolute Gasteiger partial charge is 0.314 e. The Bertz CT molecular complexity index is 200. The van der Waals surface area contributed by atoms with Crippen molar-refractivity contribution in [2.75, 3.05) is 27.2 Å². The quantitative estimate of drug-likeness (QED) is 0.476. The van der Waals surface area contributed by atoms with Crippen LogP contribution < -0.4 is 21.3 Å². The maximum absolute atomic E-state index is 10.8. The summed E-state index contributed by atoms with van der Waals surface area (Å²) < 4.78 is 0. The number of hydrogen-bond donors (Lipinski definition) is 4. The highest BCUT2D eigenvalue weighted by atomic mass is 16.2. The summed E-state index contributed by atoms with van der Waals surface area (Å²) >= 11 is 0. The van der Waals surface area contributed by atoms with Gasteiger partial charge in [-0.15, -0.1) is 0 Å². The van der Waals surface area contributed by atoms with E-state index in [1.165, 1.54) is 0 Å². The second kappa shape index (κ2) is 11.0. The van der Waals surface area contributed by atoms with Crippen LogP contribution >= 0.6 is 0 Å². The van der Waals surface area contributed by atoms with E-state index in [-0.39, 0.29) is 12.1 Å². The van der Waals surface area contributed by atoms with Crippen molar-refractivity contribution >= 4 is 12.1 Å². The molecular weight excluding hydrogens is 220 g/mol.